The molecule has 2 aromatic carbocycles. The summed E-state index contributed by atoms with van der Waals surface area (Å²) in [6.45, 7) is 0. The first-order valence-electron chi connectivity index (χ1n) is 7.61. The minimum atomic E-state index is -0.175. The monoisotopic (exact) mass is 294 g/mol. The van der Waals surface area contributed by atoms with Crippen molar-refractivity contribution >= 4 is 11.6 Å². The molecule has 22 heavy (non-hydrogen) atoms. The van der Waals surface area contributed by atoms with Crippen LogP contribution in [0.15, 0.2) is 48.5 Å². The Hall–Kier alpha value is -2.49. The molecule has 1 aliphatic carbocycles. The van der Waals surface area contributed by atoms with Crippen LogP contribution in [-0.2, 0) is 0 Å². The maximum atomic E-state index is 12.9. The van der Waals surface area contributed by atoms with Crippen LogP contribution < -0.4 is 10.1 Å². The Kier molecular flexibility index (Phi) is 3.03. The lowest BCUT2D eigenvalue weighted by Gasteiger charge is -2.38. The number of ether oxygens (including phenoxy) is 1. The van der Waals surface area contributed by atoms with Gasteiger partial charge in [-0.1, -0.05) is 30.3 Å². The van der Waals surface area contributed by atoms with E-state index in [4.69, 9.17) is 4.74 Å². The summed E-state index contributed by atoms with van der Waals surface area (Å²) in [4.78, 5) is 14.9. The van der Waals surface area contributed by atoms with Crippen molar-refractivity contribution in [3.8, 4) is 5.75 Å². The fourth-order valence-electron chi connectivity index (χ4n) is 3.12. The zero-order valence-electron chi connectivity index (χ0n) is 12.5. The van der Waals surface area contributed by atoms with E-state index in [0.29, 0.717) is 6.04 Å². The van der Waals surface area contributed by atoms with Crippen LogP contribution in [0.4, 0.5) is 5.69 Å². The van der Waals surface area contributed by atoms with Gasteiger partial charge in [0.2, 0.25) is 0 Å². The van der Waals surface area contributed by atoms with E-state index < -0.39 is 0 Å². The highest BCUT2D eigenvalue weighted by atomic mass is 16.5. The standard InChI is InChI=1S/C18H18N2O2/c1-22-16-9-5-3-7-14(16)17-19-15-8-4-2-6-13(15)18(21)20(17)12-10-11-12/h2-9,12,17,19H,10-11H2,1H3/t17-/m0/s1. The molecular weight excluding hydrogens is 276 g/mol. The molecule has 1 amide bonds. The molecule has 1 heterocycles. The Morgan fingerprint density at radius 1 is 1.09 bits per heavy atom. The number of hydrogen-bond donors (Lipinski definition) is 1. The van der Waals surface area contributed by atoms with E-state index in [9.17, 15) is 4.79 Å². The van der Waals surface area contributed by atoms with Gasteiger partial charge in [-0.05, 0) is 31.0 Å². The van der Waals surface area contributed by atoms with Gasteiger partial charge in [-0.25, -0.2) is 0 Å². The molecule has 1 aliphatic heterocycles. The molecule has 0 unspecified atom stereocenters. The van der Waals surface area contributed by atoms with Crippen molar-refractivity contribution in [2.24, 2.45) is 0 Å². The van der Waals surface area contributed by atoms with Gasteiger partial charge < -0.3 is 15.0 Å². The molecule has 112 valence electrons. The van der Waals surface area contributed by atoms with Gasteiger partial charge in [0.05, 0.1) is 12.7 Å². The van der Waals surface area contributed by atoms with E-state index in [0.717, 1.165) is 35.4 Å². The number of benzene rings is 2. The average molecular weight is 294 g/mol. The summed E-state index contributed by atoms with van der Waals surface area (Å²) in [5, 5.41) is 3.51. The zero-order chi connectivity index (χ0) is 15.1. The molecule has 1 N–H and O–H groups in total. The van der Waals surface area contributed by atoms with Gasteiger partial charge >= 0.3 is 0 Å². The fraction of sp³-hybridized carbons (Fsp3) is 0.278. The van der Waals surface area contributed by atoms with E-state index in [-0.39, 0.29) is 12.1 Å². The normalized spacial score (nSPS) is 20.3. The molecule has 0 saturated heterocycles. The second kappa shape index (κ2) is 5.05. The van der Waals surface area contributed by atoms with Crippen molar-refractivity contribution in [1.29, 1.82) is 0 Å². The largest absolute Gasteiger partial charge is 0.496 e. The van der Waals surface area contributed by atoms with E-state index in [1.54, 1.807) is 7.11 Å². The molecule has 0 radical (unpaired) electrons. The topological polar surface area (TPSA) is 41.6 Å². The lowest BCUT2D eigenvalue weighted by molar-refractivity contribution is 0.0664. The number of fused-ring (bicyclic) bond motifs is 1. The van der Waals surface area contributed by atoms with Crippen molar-refractivity contribution in [2.45, 2.75) is 25.0 Å². The smallest absolute Gasteiger partial charge is 0.258 e. The predicted molar refractivity (Wildman–Crippen MR) is 85.0 cm³/mol. The lowest BCUT2D eigenvalue weighted by atomic mass is 10.0. The SMILES string of the molecule is COc1ccccc1[C@H]1Nc2ccccc2C(=O)N1C1CC1. The third kappa shape index (κ3) is 2.03. The van der Waals surface area contributed by atoms with Gasteiger partial charge in [0, 0.05) is 17.3 Å². The quantitative estimate of drug-likeness (QED) is 0.943. The van der Waals surface area contributed by atoms with Crippen LogP contribution in [0.2, 0.25) is 0 Å². The highest BCUT2D eigenvalue weighted by molar-refractivity contribution is 6.02. The lowest BCUT2D eigenvalue weighted by Crippen LogP contribution is -2.44. The number of rotatable bonds is 3. The summed E-state index contributed by atoms with van der Waals surface area (Å²) in [5.74, 6) is 0.908. The number of anilines is 1. The maximum absolute atomic E-state index is 12.9. The number of para-hydroxylation sites is 2. The third-order valence-electron chi connectivity index (χ3n) is 4.34. The highest BCUT2D eigenvalue weighted by Gasteiger charge is 2.42. The van der Waals surface area contributed by atoms with Crippen LogP contribution in [0.5, 0.6) is 5.75 Å². The highest BCUT2D eigenvalue weighted by Crippen LogP contribution is 2.42. The fourth-order valence-corrected chi connectivity index (χ4v) is 3.12. The first-order valence-corrected chi connectivity index (χ1v) is 7.61. The van der Waals surface area contributed by atoms with Crippen LogP contribution >= 0.6 is 0 Å². The van der Waals surface area contributed by atoms with Crippen LogP contribution in [0.3, 0.4) is 0 Å². The van der Waals surface area contributed by atoms with E-state index in [2.05, 4.69) is 5.32 Å². The molecule has 2 aromatic rings. The first-order chi connectivity index (χ1) is 10.8. The summed E-state index contributed by atoms with van der Waals surface area (Å²) < 4.78 is 5.49. The zero-order valence-corrected chi connectivity index (χ0v) is 12.5. The number of carbonyl (C=O) groups is 1. The molecule has 4 rings (SSSR count). The second-order valence-electron chi connectivity index (χ2n) is 5.78. The summed E-state index contributed by atoms with van der Waals surface area (Å²) in [6, 6.07) is 15.9. The Labute approximate surface area is 129 Å². The van der Waals surface area contributed by atoms with Gasteiger partial charge in [-0.2, -0.15) is 0 Å². The van der Waals surface area contributed by atoms with Gasteiger partial charge in [0.1, 0.15) is 11.9 Å². The summed E-state index contributed by atoms with van der Waals surface area (Å²) in [6.07, 6.45) is 1.97. The first kappa shape index (κ1) is 13.2. The molecule has 1 atom stereocenters. The Balaban J connectivity index is 1.82. The number of hydrogen-bond acceptors (Lipinski definition) is 3. The number of amides is 1. The van der Waals surface area contributed by atoms with Gasteiger partial charge in [-0.3, -0.25) is 4.79 Å². The molecule has 4 heteroatoms. The summed E-state index contributed by atoms with van der Waals surface area (Å²) in [7, 11) is 1.67. The number of methoxy groups -OCH3 is 1. The number of carbonyl (C=O) groups excluding carboxylic acids is 1. The molecule has 0 spiro atoms. The summed E-state index contributed by atoms with van der Waals surface area (Å²) in [5.41, 5.74) is 2.64. The van der Waals surface area contributed by atoms with Gasteiger partial charge in [0.25, 0.3) is 5.91 Å². The summed E-state index contributed by atoms with van der Waals surface area (Å²) >= 11 is 0. The molecule has 2 aliphatic rings. The van der Waals surface area contributed by atoms with E-state index in [1.807, 2.05) is 53.4 Å². The minimum Gasteiger partial charge on any atom is -0.496 e. The third-order valence-corrected chi connectivity index (χ3v) is 4.34. The van der Waals surface area contributed by atoms with Crippen LogP contribution in [0, 0.1) is 0 Å². The minimum absolute atomic E-state index is 0.104. The van der Waals surface area contributed by atoms with Crippen molar-refractivity contribution in [2.75, 3.05) is 12.4 Å². The number of nitrogens with zero attached hydrogens (tertiary/aromatic N) is 1. The molecule has 1 saturated carbocycles. The molecule has 1 fully saturated rings. The number of nitrogens with one attached hydrogen (secondary N) is 1. The molecule has 0 aromatic heterocycles. The van der Waals surface area contributed by atoms with Gasteiger partial charge in [-0.15, -0.1) is 0 Å². The Bertz CT molecular complexity index is 725. The predicted octanol–water partition coefficient (Wildman–Crippen LogP) is 3.42. The van der Waals surface area contributed by atoms with Crippen LogP contribution in [0.25, 0.3) is 0 Å². The molecule has 4 nitrogen and oxygen atoms in total. The Morgan fingerprint density at radius 2 is 1.82 bits per heavy atom. The van der Waals surface area contributed by atoms with Crippen molar-refractivity contribution < 1.29 is 9.53 Å². The Morgan fingerprint density at radius 3 is 2.59 bits per heavy atom. The van der Waals surface area contributed by atoms with Crippen molar-refractivity contribution in [3.05, 3.63) is 59.7 Å². The van der Waals surface area contributed by atoms with Crippen LogP contribution in [-0.4, -0.2) is 24.0 Å². The van der Waals surface area contributed by atoms with Crippen molar-refractivity contribution in [3.63, 3.8) is 0 Å². The average Bonchev–Trinajstić information content (AvgIpc) is 3.39. The van der Waals surface area contributed by atoms with Crippen LogP contribution in [0.1, 0.15) is 34.9 Å². The van der Waals surface area contributed by atoms with E-state index in [1.165, 1.54) is 0 Å². The molecule has 0 bridgehead atoms. The molecular formula is C18H18N2O2. The van der Waals surface area contributed by atoms with Crippen molar-refractivity contribution in [1.82, 2.24) is 4.90 Å². The van der Waals surface area contributed by atoms with E-state index >= 15 is 0 Å². The maximum Gasteiger partial charge on any atom is 0.258 e. The second-order valence-corrected chi connectivity index (χ2v) is 5.78. The van der Waals surface area contributed by atoms with Gasteiger partial charge in [0.15, 0.2) is 0 Å².